The number of anilines is 1. The first-order chi connectivity index (χ1) is 6.86. The van der Waals surface area contributed by atoms with Gasteiger partial charge in [0.15, 0.2) is 0 Å². The summed E-state index contributed by atoms with van der Waals surface area (Å²) in [5.41, 5.74) is 5.80. The van der Waals surface area contributed by atoms with Gasteiger partial charge in [0.1, 0.15) is 17.0 Å². The number of nitrogens with two attached hydrogens (primary N) is 1. The Kier molecular flexibility index (Phi) is 1.43. The molecule has 0 aliphatic carbocycles. The van der Waals surface area contributed by atoms with Crippen LogP contribution in [0.4, 0.5) is 5.82 Å². The molecule has 4 nitrogen and oxygen atoms in total. The maximum absolute atomic E-state index is 5.80. The predicted octanol–water partition coefficient (Wildman–Crippen LogP) is 1.82. The minimum atomic E-state index is 0.535. The fourth-order valence-electron chi connectivity index (χ4n) is 1.48. The number of nitrogens with zero attached hydrogens (tertiary/aromatic N) is 3. The van der Waals surface area contributed by atoms with Crippen LogP contribution in [0.3, 0.4) is 0 Å². The molecule has 3 rings (SSSR count). The van der Waals surface area contributed by atoms with Crippen molar-refractivity contribution in [3.63, 3.8) is 0 Å². The molecule has 0 saturated carbocycles. The summed E-state index contributed by atoms with van der Waals surface area (Å²) in [6, 6.07) is 1.94. The molecule has 0 saturated heterocycles. The zero-order chi connectivity index (χ0) is 9.54. The number of hydrogen-bond donors (Lipinski definition) is 1. The van der Waals surface area contributed by atoms with E-state index >= 15 is 0 Å². The summed E-state index contributed by atoms with van der Waals surface area (Å²) in [5, 5.41) is 2.02. The highest BCUT2D eigenvalue weighted by atomic mass is 32.1. The van der Waals surface area contributed by atoms with Crippen molar-refractivity contribution in [2.75, 3.05) is 5.73 Å². The van der Waals surface area contributed by atoms with Crippen molar-refractivity contribution < 1.29 is 0 Å². The molecule has 0 amide bonds. The molecular formula is C9H6N4S. The average molecular weight is 202 g/mol. The SMILES string of the molecule is Nc1ncnc2sc3cnccc3c12. The van der Waals surface area contributed by atoms with Crippen LogP contribution in [0.25, 0.3) is 20.3 Å². The van der Waals surface area contributed by atoms with E-state index in [1.54, 1.807) is 17.5 Å². The third-order valence-electron chi connectivity index (χ3n) is 2.10. The zero-order valence-corrected chi connectivity index (χ0v) is 7.95. The molecule has 3 heterocycles. The molecule has 2 N–H and O–H groups in total. The number of pyridine rings is 1. The van der Waals surface area contributed by atoms with E-state index in [1.807, 2.05) is 12.3 Å². The molecule has 14 heavy (non-hydrogen) atoms. The first kappa shape index (κ1) is 7.64. The number of rotatable bonds is 0. The zero-order valence-electron chi connectivity index (χ0n) is 7.14. The van der Waals surface area contributed by atoms with Gasteiger partial charge in [0, 0.05) is 17.8 Å². The predicted molar refractivity (Wildman–Crippen MR) is 57.1 cm³/mol. The molecule has 0 spiro atoms. The molecule has 3 aromatic rings. The molecule has 5 heteroatoms. The monoisotopic (exact) mass is 202 g/mol. The molecule has 0 aliphatic heterocycles. The largest absolute Gasteiger partial charge is 0.383 e. The molecule has 0 bridgehead atoms. The Bertz CT molecular complexity index is 616. The lowest BCUT2D eigenvalue weighted by Crippen LogP contribution is -1.90. The lowest BCUT2D eigenvalue weighted by molar-refractivity contribution is 1.24. The van der Waals surface area contributed by atoms with Crippen LogP contribution >= 0.6 is 11.3 Å². The van der Waals surface area contributed by atoms with Crippen LogP contribution in [0.1, 0.15) is 0 Å². The van der Waals surface area contributed by atoms with Crippen LogP contribution in [0.5, 0.6) is 0 Å². The first-order valence-electron chi connectivity index (χ1n) is 4.09. The summed E-state index contributed by atoms with van der Waals surface area (Å²) in [5.74, 6) is 0.535. The quantitative estimate of drug-likeness (QED) is 0.604. The molecular weight excluding hydrogens is 196 g/mol. The fourth-order valence-corrected chi connectivity index (χ4v) is 2.50. The van der Waals surface area contributed by atoms with E-state index in [4.69, 9.17) is 5.73 Å². The number of thiophene rings is 1. The number of nitrogen functional groups attached to an aromatic ring is 1. The van der Waals surface area contributed by atoms with E-state index in [-0.39, 0.29) is 0 Å². The van der Waals surface area contributed by atoms with Crippen molar-refractivity contribution in [1.29, 1.82) is 0 Å². The Balaban J connectivity index is 2.65. The van der Waals surface area contributed by atoms with E-state index in [0.29, 0.717) is 5.82 Å². The maximum atomic E-state index is 5.80. The van der Waals surface area contributed by atoms with E-state index < -0.39 is 0 Å². The van der Waals surface area contributed by atoms with Crippen LogP contribution < -0.4 is 5.73 Å². The number of hydrogen-bond acceptors (Lipinski definition) is 5. The van der Waals surface area contributed by atoms with Crippen molar-refractivity contribution in [2.45, 2.75) is 0 Å². The van der Waals surface area contributed by atoms with Crippen LogP contribution in [0, 0.1) is 0 Å². The van der Waals surface area contributed by atoms with Crippen molar-refractivity contribution in [2.24, 2.45) is 0 Å². The topological polar surface area (TPSA) is 64.7 Å². The van der Waals surface area contributed by atoms with Gasteiger partial charge in [-0.25, -0.2) is 9.97 Å². The molecule has 0 unspecified atom stereocenters. The normalized spacial score (nSPS) is 11.1. The highest BCUT2D eigenvalue weighted by molar-refractivity contribution is 7.25. The molecule has 0 fully saturated rings. The van der Waals surface area contributed by atoms with Crippen molar-refractivity contribution >= 4 is 37.5 Å². The second kappa shape index (κ2) is 2.62. The van der Waals surface area contributed by atoms with Gasteiger partial charge in [-0.15, -0.1) is 11.3 Å². The second-order valence-electron chi connectivity index (χ2n) is 2.91. The van der Waals surface area contributed by atoms with Gasteiger partial charge in [-0.2, -0.15) is 0 Å². The Morgan fingerprint density at radius 1 is 1.29 bits per heavy atom. The lowest BCUT2D eigenvalue weighted by atomic mass is 10.2. The first-order valence-corrected chi connectivity index (χ1v) is 4.90. The van der Waals surface area contributed by atoms with Crippen LogP contribution in [-0.4, -0.2) is 15.0 Å². The highest BCUT2D eigenvalue weighted by Crippen LogP contribution is 2.33. The average Bonchev–Trinajstić information content (AvgIpc) is 2.57. The van der Waals surface area contributed by atoms with Crippen molar-refractivity contribution in [3.05, 3.63) is 24.8 Å². The Hall–Kier alpha value is -1.75. The molecule has 0 aliphatic rings. The van der Waals surface area contributed by atoms with Gasteiger partial charge >= 0.3 is 0 Å². The summed E-state index contributed by atoms with van der Waals surface area (Å²) < 4.78 is 1.09. The number of fused-ring (bicyclic) bond motifs is 3. The van der Waals surface area contributed by atoms with Gasteiger partial charge < -0.3 is 5.73 Å². The Labute approximate surface area is 83.4 Å². The van der Waals surface area contributed by atoms with Gasteiger partial charge in [-0.3, -0.25) is 4.98 Å². The standard InChI is InChI=1S/C9H6N4S/c10-8-7-5-1-2-11-3-6(5)14-9(7)13-4-12-8/h1-4H,(H2,10,12,13). The summed E-state index contributed by atoms with van der Waals surface area (Å²) in [4.78, 5) is 13.1. The van der Waals surface area contributed by atoms with Gasteiger partial charge in [-0.05, 0) is 6.07 Å². The maximum Gasteiger partial charge on any atom is 0.136 e. The van der Waals surface area contributed by atoms with Gasteiger partial charge in [-0.1, -0.05) is 0 Å². The molecule has 68 valence electrons. The van der Waals surface area contributed by atoms with E-state index in [2.05, 4.69) is 15.0 Å². The highest BCUT2D eigenvalue weighted by Gasteiger charge is 2.08. The third kappa shape index (κ3) is 0.898. The van der Waals surface area contributed by atoms with Gasteiger partial charge in [0.2, 0.25) is 0 Å². The smallest absolute Gasteiger partial charge is 0.136 e. The van der Waals surface area contributed by atoms with Crippen LogP contribution in [-0.2, 0) is 0 Å². The minimum absolute atomic E-state index is 0.535. The Morgan fingerprint density at radius 2 is 2.21 bits per heavy atom. The fraction of sp³-hybridized carbons (Fsp3) is 0. The van der Waals surface area contributed by atoms with Crippen molar-refractivity contribution in [1.82, 2.24) is 15.0 Å². The lowest BCUT2D eigenvalue weighted by Gasteiger charge is -1.93. The van der Waals surface area contributed by atoms with E-state index in [9.17, 15) is 0 Å². The summed E-state index contributed by atoms with van der Waals surface area (Å²) in [6.45, 7) is 0. The van der Waals surface area contributed by atoms with Crippen molar-refractivity contribution in [3.8, 4) is 0 Å². The molecule has 0 radical (unpaired) electrons. The van der Waals surface area contributed by atoms with E-state index in [1.165, 1.54) is 6.33 Å². The van der Waals surface area contributed by atoms with E-state index in [0.717, 1.165) is 20.3 Å². The summed E-state index contributed by atoms with van der Waals surface area (Å²) in [6.07, 6.45) is 5.06. The number of aromatic nitrogens is 3. The van der Waals surface area contributed by atoms with Crippen LogP contribution in [0.2, 0.25) is 0 Å². The van der Waals surface area contributed by atoms with Crippen LogP contribution in [0.15, 0.2) is 24.8 Å². The minimum Gasteiger partial charge on any atom is -0.383 e. The summed E-state index contributed by atoms with van der Waals surface area (Å²) in [7, 11) is 0. The summed E-state index contributed by atoms with van der Waals surface area (Å²) >= 11 is 1.58. The molecule has 0 atom stereocenters. The van der Waals surface area contributed by atoms with Gasteiger partial charge in [0.05, 0.1) is 10.1 Å². The second-order valence-corrected chi connectivity index (χ2v) is 3.94. The van der Waals surface area contributed by atoms with Gasteiger partial charge in [0.25, 0.3) is 0 Å². The molecule has 3 aromatic heterocycles. The third-order valence-corrected chi connectivity index (χ3v) is 3.15. The Morgan fingerprint density at radius 3 is 3.14 bits per heavy atom. The molecule has 0 aromatic carbocycles.